The molecular weight excluding hydrogens is 288 g/mol. The van der Waals surface area contributed by atoms with E-state index in [4.69, 9.17) is 10.8 Å². The van der Waals surface area contributed by atoms with Crippen molar-refractivity contribution in [3.63, 3.8) is 0 Å². The van der Waals surface area contributed by atoms with Gasteiger partial charge in [0.1, 0.15) is 0 Å². The largest absolute Gasteiger partial charge is 0.397 e. The van der Waals surface area contributed by atoms with Gasteiger partial charge in [0.2, 0.25) is 0 Å². The van der Waals surface area contributed by atoms with Crippen molar-refractivity contribution >= 4 is 26.9 Å². The predicted octanol–water partition coefficient (Wildman–Crippen LogP) is 1.95. The first-order chi connectivity index (χ1) is 9.90. The zero-order chi connectivity index (χ0) is 15.5. The second kappa shape index (κ2) is 6.15. The number of aliphatic hydroxyl groups excluding tert-OH is 1. The van der Waals surface area contributed by atoms with E-state index in [0.29, 0.717) is 17.8 Å². The van der Waals surface area contributed by atoms with Crippen LogP contribution in [0.4, 0.5) is 17.1 Å². The number of benzene rings is 2. The van der Waals surface area contributed by atoms with Gasteiger partial charge in [0.15, 0.2) is 9.84 Å². The smallest absolute Gasteiger partial charge is 0.175 e. The van der Waals surface area contributed by atoms with Gasteiger partial charge in [-0.25, -0.2) is 8.42 Å². The van der Waals surface area contributed by atoms with Crippen LogP contribution in [0, 0.1) is 0 Å². The molecule has 2 aromatic carbocycles. The second-order valence-corrected chi connectivity index (χ2v) is 6.83. The lowest BCUT2D eigenvalue weighted by Crippen LogP contribution is -2.01. The molecule has 2 aromatic rings. The normalized spacial score (nSPS) is 11.3. The SMILES string of the molecule is CS(=O)(=O)c1ccc(Nc2ccc(CCO)cc2)c(N)c1. The lowest BCUT2D eigenvalue weighted by Gasteiger charge is -2.11. The van der Waals surface area contributed by atoms with E-state index in [-0.39, 0.29) is 11.5 Å². The molecule has 2 rings (SSSR count). The number of hydrogen-bond donors (Lipinski definition) is 3. The van der Waals surface area contributed by atoms with E-state index in [1.807, 2.05) is 24.3 Å². The van der Waals surface area contributed by atoms with E-state index in [0.717, 1.165) is 17.5 Å². The Morgan fingerprint density at radius 1 is 1.14 bits per heavy atom. The van der Waals surface area contributed by atoms with E-state index in [1.54, 1.807) is 6.07 Å². The van der Waals surface area contributed by atoms with Crippen LogP contribution in [0.25, 0.3) is 0 Å². The predicted molar refractivity (Wildman–Crippen MR) is 84.5 cm³/mol. The van der Waals surface area contributed by atoms with Gasteiger partial charge >= 0.3 is 0 Å². The van der Waals surface area contributed by atoms with E-state index < -0.39 is 9.84 Å². The minimum absolute atomic E-state index is 0.118. The first kappa shape index (κ1) is 15.3. The van der Waals surface area contributed by atoms with Crippen LogP contribution in [-0.4, -0.2) is 26.4 Å². The third kappa shape index (κ3) is 3.96. The average Bonchev–Trinajstić information content (AvgIpc) is 2.42. The Bertz CT molecular complexity index is 725. The third-order valence-electron chi connectivity index (χ3n) is 3.08. The highest BCUT2D eigenvalue weighted by molar-refractivity contribution is 7.90. The fourth-order valence-corrected chi connectivity index (χ4v) is 2.58. The number of anilines is 3. The Labute approximate surface area is 124 Å². The van der Waals surface area contributed by atoms with E-state index in [9.17, 15) is 8.42 Å². The van der Waals surface area contributed by atoms with Gasteiger partial charge in [-0.2, -0.15) is 0 Å². The monoisotopic (exact) mass is 306 g/mol. The topological polar surface area (TPSA) is 92.4 Å². The van der Waals surface area contributed by atoms with Gasteiger partial charge < -0.3 is 16.2 Å². The van der Waals surface area contributed by atoms with Gasteiger partial charge in [-0.05, 0) is 42.3 Å². The molecule has 5 nitrogen and oxygen atoms in total. The van der Waals surface area contributed by atoms with Crippen LogP contribution in [0.1, 0.15) is 5.56 Å². The molecule has 0 saturated carbocycles. The van der Waals surface area contributed by atoms with Crippen LogP contribution in [0.2, 0.25) is 0 Å². The molecular formula is C15H18N2O3S. The molecule has 0 spiro atoms. The molecule has 112 valence electrons. The van der Waals surface area contributed by atoms with Crippen molar-refractivity contribution < 1.29 is 13.5 Å². The molecule has 4 N–H and O–H groups in total. The first-order valence-corrected chi connectivity index (χ1v) is 8.35. The number of sulfone groups is 1. The highest BCUT2D eigenvalue weighted by Gasteiger charge is 2.09. The summed E-state index contributed by atoms with van der Waals surface area (Å²) in [5.74, 6) is 0. The Balaban J connectivity index is 2.20. The maximum Gasteiger partial charge on any atom is 0.175 e. The molecule has 0 fully saturated rings. The summed E-state index contributed by atoms with van der Waals surface area (Å²) < 4.78 is 22.9. The summed E-state index contributed by atoms with van der Waals surface area (Å²) in [6.07, 6.45) is 1.76. The van der Waals surface area contributed by atoms with Crippen LogP contribution in [0.3, 0.4) is 0 Å². The van der Waals surface area contributed by atoms with E-state index in [1.165, 1.54) is 12.1 Å². The lowest BCUT2D eigenvalue weighted by molar-refractivity contribution is 0.299. The van der Waals surface area contributed by atoms with Crippen molar-refractivity contribution in [3.05, 3.63) is 48.0 Å². The molecule has 0 unspecified atom stereocenters. The van der Waals surface area contributed by atoms with Crippen LogP contribution in [-0.2, 0) is 16.3 Å². The molecule has 0 aliphatic carbocycles. The molecule has 0 aliphatic rings. The standard InChI is InChI=1S/C15H18N2O3S/c1-21(19,20)13-6-7-15(14(16)10-13)17-12-4-2-11(3-5-12)8-9-18/h2-7,10,17-18H,8-9,16H2,1H3. The van der Waals surface area contributed by atoms with Crippen molar-refractivity contribution in [2.45, 2.75) is 11.3 Å². The summed E-state index contributed by atoms with van der Waals surface area (Å²) >= 11 is 0. The molecule has 0 aromatic heterocycles. The average molecular weight is 306 g/mol. The molecule has 0 bridgehead atoms. The summed E-state index contributed by atoms with van der Waals surface area (Å²) in [5.41, 5.74) is 8.79. The quantitative estimate of drug-likeness (QED) is 0.734. The lowest BCUT2D eigenvalue weighted by atomic mass is 10.1. The number of nitrogens with two attached hydrogens (primary N) is 1. The van der Waals surface area contributed by atoms with Gasteiger partial charge in [-0.15, -0.1) is 0 Å². The van der Waals surface area contributed by atoms with Crippen LogP contribution in [0.15, 0.2) is 47.4 Å². The molecule has 0 amide bonds. The summed E-state index contributed by atoms with van der Waals surface area (Å²) in [7, 11) is -3.26. The van der Waals surface area contributed by atoms with Crippen molar-refractivity contribution in [1.29, 1.82) is 0 Å². The first-order valence-electron chi connectivity index (χ1n) is 6.46. The third-order valence-corrected chi connectivity index (χ3v) is 4.19. The molecule has 0 aliphatic heterocycles. The minimum atomic E-state index is -3.26. The Morgan fingerprint density at radius 3 is 2.33 bits per heavy atom. The molecule has 21 heavy (non-hydrogen) atoms. The van der Waals surface area contributed by atoms with Crippen molar-refractivity contribution in [2.75, 3.05) is 23.9 Å². The summed E-state index contributed by atoms with van der Waals surface area (Å²) in [6.45, 7) is 0.118. The Morgan fingerprint density at radius 2 is 1.81 bits per heavy atom. The molecule has 0 atom stereocenters. The van der Waals surface area contributed by atoms with Gasteiger partial charge in [-0.1, -0.05) is 12.1 Å². The Kier molecular flexibility index (Phi) is 4.50. The van der Waals surface area contributed by atoms with E-state index >= 15 is 0 Å². The molecule has 6 heteroatoms. The highest BCUT2D eigenvalue weighted by atomic mass is 32.2. The number of aliphatic hydroxyl groups is 1. The van der Waals surface area contributed by atoms with Crippen LogP contribution < -0.4 is 11.1 Å². The van der Waals surface area contributed by atoms with Crippen molar-refractivity contribution in [3.8, 4) is 0 Å². The number of nitrogens with one attached hydrogen (secondary N) is 1. The maximum absolute atomic E-state index is 11.5. The number of nitrogen functional groups attached to an aromatic ring is 1. The number of hydrogen-bond acceptors (Lipinski definition) is 5. The molecule has 0 heterocycles. The van der Waals surface area contributed by atoms with Gasteiger partial charge in [0.25, 0.3) is 0 Å². The van der Waals surface area contributed by atoms with Crippen molar-refractivity contribution in [1.82, 2.24) is 0 Å². The number of rotatable bonds is 5. The van der Waals surface area contributed by atoms with Gasteiger partial charge in [-0.3, -0.25) is 0 Å². The fourth-order valence-electron chi connectivity index (χ4n) is 1.92. The zero-order valence-electron chi connectivity index (χ0n) is 11.7. The van der Waals surface area contributed by atoms with Crippen LogP contribution >= 0.6 is 0 Å². The van der Waals surface area contributed by atoms with Gasteiger partial charge in [0.05, 0.1) is 16.3 Å². The Hall–Kier alpha value is -2.05. The molecule has 0 saturated heterocycles. The fraction of sp³-hybridized carbons (Fsp3) is 0.200. The molecule has 0 radical (unpaired) electrons. The zero-order valence-corrected chi connectivity index (χ0v) is 12.5. The second-order valence-electron chi connectivity index (χ2n) is 4.82. The highest BCUT2D eigenvalue weighted by Crippen LogP contribution is 2.26. The minimum Gasteiger partial charge on any atom is -0.397 e. The maximum atomic E-state index is 11.5. The van der Waals surface area contributed by atoms with E-state index in [2.05, 4.69) is 5.32 Å². The summed E-state index contributed by atoms with van der Waals surface area (Å²) in [6, 6.07) is 12.2. The summed E-state index contributed by atoms with van der Waals surface area (Å²) in [4.78, 5) is 0.198. The summed E-state index contributed by atoms with van der Waals surface area (Å²) in [5, 5.41) is 12.0. The van der Waals surface area contributed by atoms with Crippen molar-refractivity contribution in [2.24, 2.45) is 0 Å². The van der Waals surface area contributed by atoms with Crippen LogP contribution in [0.5, 0.6) is 0 Å². The van der Waals surface area contributed by atoms with Gasteiger partial charge in [0, 0.05) is 18.6 Å².